The Kier molecular flexibility index (Phi) is 31.7. The smallest absolute Gasteiger partial charge is 0.352 e. The van der Waals surface area contributed by atoms with E-state index in [-0.39, 0.29) is 95.1 Å². The third-order valence-corrected chi connectivity index (χ3v) is 35.3. The number of β-lactam (4-membered cyclic amide) rings is 1. The van der Waals surface area contributed by atoms with Crippen molar-refractivity contribution in [3.8, 4) is 22.5 Å². The number of hydrogen-bond donors (Lipinski definition) is 13. The maximum Gasteiger partial charge on any atom is 0.352 e. The van der Waals surface area contributed by atoms with Gasteiger partial charge in [0.05, 0.1) is 45.1 Å². The number of carbonyl (C=O) groups is 8. The second-order valence-corrected chi connectivity index (χ2v) is 46.1. The highest BCUT2D eigenvalue weighted by Crippen LogP contribution is 2.51. The van der Waals surface area contributed by atoms with E-state index in [1.54, 1.807) is 48.5 Å². The molecule has 9 aliphatic heterocycles. The fourth-order valence-electron chi connectivity index (χ4n) is 20.5. The summed E-state index contributed by atoms with van der Waals surface area (Å²) in [6.45, 7) is 11.0. The van der Waals surface area contributed by atoms with Gasteiger partial charge in [-0.05, 0) is 167 Å². The molecule has 13 N–H and O–H groups in total. The van der Waals surface area contributed by atoms with Crippen LogP contribution < -0.4 is 51.6 Å². The molecule has 7 aromatic rings. The Morgan fingerprint density at radius 2 is 1.40 bits per heavy atom. The van der Waals surface area contributed by atoms with E-state index < -0.39 is 156 Å². The zero-order valence-corrected chi connectivity index (χ0v) is 85.7. The number of benzene rings is 8. The number of unbranched alkanes of at least 4 members (excludes halogenated alkanes) is 2. The highest BCUT2D eigenvalue weighted by molar-refractivity contribution is 8.01. The quantitative estimate of drug-likeness (QED) is 0.00327. The number of allylic oxidation sites excluding steroid dienone is 6. The van der Waals surface area contributed by atoms with Crippen molar-refractivity contribution in [1.29, 1.82) is 0 Å². The molecule has 7 amide bonds. The number of para-hydroxylation sites is 2. The second kappa shape index (κ2) is 44.1. The summed E-state index contributed by atoms with van der Waals surface area (Å²) in [5, 5.41) is 68.6. The molecule has 9 heterocycles. The molecule has 146 heavy (non-hydrogen) atoms. The van der Waals surface area contributed by atoms with Gasteiger partial charge in [-0.15, -0.1) is 35.3 Å². The SMILES string of the molecule is CC[N+]1=C(/C=C/C=C/C=C2/N(CCCCCC(=O)NCC(=O)NC3C(=O)N4C(C(=O)O)=C(CSc5ccc(NC(=O)CSC[C@H](NC(=O)C6CCN(S(=O)(=O)c7ccccc7-c7c8ccc(=[N+]9CCc%10ccccc%109)cc-8oc8cc(N9CCc%10ccccc%109)ccc78)CC6)C(=O)NCCCC(=O)N[C@@H]6[C@@H](O)[C@H](O)[C@@H](CO)O[C@H]6O)cc5)CS[C@H]34)c3ccc(S(=O)(=O)O)cc3C2(C)C)C(C)(C)c2cc(S(=O)(=O)O)ccc21. The lowest BCUT2D eigenvalue weighted by atomic mass is 9.81. The van der Waals surface area contributed by atoms with E-state index in [0.29, 0.717) is 87.5 Å². The number of anilines is 4. The molecule has 17 rings (SSSR count). The van der Waals surface area contributed by atoms with Gasteiger partial charge in [0.1, 0.15) is 65.4 Å². The Morgan fingerprint density at radius 1 is 0.678 bits per heavy atom. The van der Waals surface area contributed by atoms with Crippen LogP contribution in [0.15, 0.2) is 241 Å². The Hall–Kier alpha value is -12.2. The van der Waals surface area contributed by atoms with Crippen molar-refractivity contribution in [3.05, 3.63) is 245 Å². The summed E-state index contributed by atoms with van der Waals surface area (Å²) in [5.74, 6) is -5.59. The molecule has 1 aliphatic carbocycles. The maximum absolute atomic E-state index is 15.4. The largest absolute Gasteiger partial charge is 0.477 e. The maximum atomic E-state index is 15.4. The van der Waals surface area contributed by atoms with Crippen molar-refractivity contribution in [2.75, 3.05) is 97.1 Å². The predicted molar refractivity (Wildman–Crippen MR) is 555 cm³/mol. The van der Waals surface area contributed by atoms with Crippen LogP contribution in [-0.4, -0.2) is 257 Å². The van der Waals surface area contributed by atoms with E-state index in [2.05, 4.69) is 75.1 Å². The lowest BCUT2D eigenvalue weighted by molar-refractivity contribution is -0.433. The first-order chi connectivity index (χ1) is 69.8. The van der Waals surface area contributed by atoms with E-state index in [4.69, 9.17) is 9.15 Å². The van der Waals surface area contributed by atoms with Gasteiger partial charge < -0.3 is 76.4 Å². The minimum absolute atomic E-state index is 0.0231. The van der Waals surface area contributed by atoms with Gasteiger partial charge in [0.2, 0.25) is 62.2 Å². The number of nitrogens with one attached hydrogen (secondary N) is 6. The molecule has 35 nitrogen and oxygen atoms in total. The number of aliphatic hydroxyl groups is 4. The van der Waals surface area contributed by atoms with Crippen LogP contribution >= 0.6 is 35.3 Å². The first-order valence-corrected chi connectivity index (χ1v) is 55.9. The Bertz CT molecular complexity index is 7240. The number of hydrogen-bond acceptors (Lipinski definition) is 25. The molecule has 0 aromatic heterocycles. The van der Waals surface area contributed by atoms with Crippen LogP contribution in [0.1, 0.15) is 108 Å². The third-order valence-electron chi connectivity index (χ3n) is 28.2. The number of amides is 7. The zero-order chi connectivity index (χ0) is 104. The lowest BCUT2D eigenvalue weighted by Gasteiger charge is -2.49. The van der Waals surface area contributed by atoms with Crippen molar-refractivity contribution >= 4 is 164 Å². The molecule has 3 saturated heterocycles. The molecule has 8 atom stereocenters. The van der Waals surface area contributed by atoms with Gasteiger partial charge in [-0.2, -0.15) is 30.3 Å². The van der Waals surface area contributed by atoms with E-state index in [1.165, 1.54) is 63.2 Å². The van der Waals surface area contributed by atoms with Crippen LogP contribution in [0.2, 0.25) is 0 Å². The van der Waals surface area contributed by atoms with Crippen LogP contribution in [0, 0.1) is 5.92 Å². The van der Waals surface area contributed by atoms with Gasteiger partial charge in [-0.25, -0.2) is 13.2 Å². The number of carboxylic acid groups (broad SMARTS) is 1. The van der Waals surface area contributed by atoms with Crippen LogP contribution in [0.25, 0.3) is 33.4 Å². The highest BCUT2D eigenvalue weighted by atomic mass is 32.2. The molecule has 0 radical (unpaired) electrons. The van der Waals surface area contributed by atoms with Crippen molar-refractivity contribution in [3.63, 3.8) is 0 Å². The summed E-state index contributed by atoms with van der Waals surface area (Å²) in [4.78, 5) is 115. The molecular formula is C105H116N12O23S6+2. The van der Waals surface area contributed by atoms with Gasteiger partial charge >= 0.3 is 5.97 Å². The molecule has 0 spiro atoms. The average Bonchev–Trinajstić information content (AvgIpc) is 0.896. The number of aliphatic hydroxyl groups excluding tert-OH is 4. The zero-order valence-electron chi connectivity index (χ0n) is 80.8. The average molecular weight is 2110 g/mol. The highest BCUT2D eigenvalue weighted by Gasteiger charge is 2.55. The van der Waals surface area contributed by atoms with Crippen molar-refractivity contribution in [2.24, 2.45) is 5.92 Å². The summed E-state index contributed by atoms with van der Waals surface area (Å²) in [6, 6.07) is 47.5. The monoisotopic (exact) mass is 2100 g/mol. The van der Waals surface area contributed by atoms with Gasteiger partial charge in [0, 0.05) is 177 Å². The van der Waals surface area contributed by atoms with E-state index in [1.807, 2.05) is 138 Å². The Balaban J connectivity index is 0.486. The molecule has 0 saturated carbocycles. The van der Waals surface area contributed by atoms with Crippen LogP contribution in [-0.2, 0) is 97.0 Å². The standard InChI is InChI=1S/C105H114N12O23S6/c1-6-113-80-40-36-70(145(133,134)135)54-75(80)104(2,3)86(113)26-9-7-10-27-87-105(4,5)76-55-71(146(136,137)138)37-41-81(76)116(87)47-18-8-11-28-88(119)107-56-90(121)111-94-100(127)117-95(102(128)129)65(59-143-101(94)117)58-142-69-34-30-66(31-35-69)108-91(122)61-141-60-77(99(126)106-46-19-29-89(120)110-93-97(124)96(123)84(57-118)140-103(93)130)109-98(125)64-42-48-112(49-43-64)144(131,132)85-25-17-14-22-74(85)92-72-38-32-67(114-50-44-62-20-12-15-23-78(62)114)52-82(72)139-83-53-68(33-39-73(83)92)115-51-45-63-21-13-16-24-79(63)115/h7,9-10,12-17,20-27,30-41,52-55,64,77,84,93-94,96-97,101,103,118,123-124,130H,6,8,11,18-19,28-29,42-51,56-61H2,1-5H3,(H7-2,106,107,108,109,110,111,119,120,121,122,125,126,128,129,133,134,135,136,137,138)/p+2/t77-,84+,93+,94?,96+,97+,101+,103+/m0/s1. The minimum atomic E-state index is -4.54. The van der Waals surface area contributed by atoms with E-state index in [9.17, 15) is 89.8 Å². The molecular weight excluding hydrogens is 1990 g/mol. The molecule has 7 aromatic carbocycles. The molecule has 768 valence electrons. The van der Waals surface area contributed by atoms with Crippen molar-refractivity contribution in [2.45, 2.75) is 177 Å². The van der Waals surface area contributed by atoms with E-state index in [0.717, 1.165) is 93.4 Å². The number of sulfonamides is 1. The molecule has 41 heteroatoms. The van der Waals surface area contributed by atoms with Gasteiger partial charge in [-0.3, -0.25) is 47.6 Å². The van der Waals surface area contributed by atoms with Crippen LogP contribution in [0.3, 0.4) is 0 Å². The number of rotatable bonds is 37. The number of ether oxygens (including phenoxy) is 1. The Labute approximate surface area is 857 Å². The predicted octanol–water partition coefficient (Wildman–Crippen LogP) is 9.52. The summed E-state index contributed by atoms with van der Waals surface area (Å²) in [7, 11) is -13.3. The first-order valence-electron chi connectivity index (χ1n) is 48.4. The third kappa shape index (κ3) is 22.2. The fourth-order valence-corrected chi connectivity index (χ4v) is 26.4. The number of thioether (sulfide) groups is 3. The topological polar surface area (TPSA) is 494 Å². The number of carboxylic acids is 1. The van der Waals surface area contributed by atoms with Crippen LogP contribution in [0.5, 0.6) is 0 Å². The molecule has 0 bridgehead atoms. The summed E-state index contributed by atoms with van der Waals surface area (Å²) < 4.78 is 117. The number of piperidine rings is 1. The normalized spacial score (nSPS) is 21.1. The van der Waals surface area contributed by atoms with E-state index >= 15 is 8.42 Å². The number of aliphatic carboxylic acids is 1. The summed E-state index contributed by atoms with van der Waals surface area (Å²) >= 11 is 3.60. The fraction of sp³-hybridized carbons (Fsp3) is 0.371. The molecule has 1 unspecified atom stereocenters. The summed E-state index contributed by atoms with van der Waals surface area (Å²) in [5.41, 5.74) is 12.0. The first kappa shape index (κ1) is 105. The van der Waals surface area contributed by atoms with Gasteiger partial charge in [-0.1, -0.05) is 93.1 Å². The molecule has 10 aliphatic rings. The molecule has 3 fully saturated rings. The van der Waals surface area contributed by atoms with Crippen molar-refractivity contribution in [1.82, 2.24) is 40.4 Å². The lowest BCUT2D eigenvalue weighted by Crippen LogP contribution is -2.71. The minimum Gasteiger partial charge on any atom is -0.477 e. The van der Waals surface area contributed by atoms with Crippen molar-refractivity contribution < 1.29 is 112 Å². The summed E-state index contributed by atoms with van der Waals surface area (Å²) in [6.07, 6.45) is 6.42. The number of carbonyl (C=O) groups excluding carboxylic acids is 7. The second-order valence-electron chi connectivity index (χ2n) is 38.2. The number of nitrogens with zero attached hydrogens (tertiary/aromatic N) is 6. The van der Waals surface area contributed by atoms with Gasteiger partial charge in [0.15, 0.2) is 18.5 Å². The van der Waals surface area contributed by atoms with Crippen LogP contribution in [0.4, 0.5) is 34.1 Å². The Morgan fingerprint density at radius 3 is 2.14 bits per heavy atom. The number of fused-ring (bicyclic) bond motifs is 7. The van der Waals surface area contributed by atoms with Gasteiger partial charge in [0.25, 0.3) is 26.1 Å².